The molecule has 0 bridgehead atoms. The fourth-order valence-electron chi connectivity index (χ4n) is 2.20. The maximum atomic E-state index is 12.3. The van der Waals surface area contributed by atoms with E-state index < -0.39 is 16.1 Å². The number of benzene rings is 2. The second-order valence-corrected chi connectivity index (χ2v) is 7.40. The van der Waals surface area contributed by atoms with Gasteiger partial charge in [-0.15, -0.1) is 0 Å². The first-order valence-electron chi connectivity index (χ1n) is 7.79. The van der Waals surface area contributed by atoms with E-state index in [0.29, 0.717) is 13.0 Å². The first-order valence-corrected chi connectivity index (χ1v) is 9.27. The molecular weight excluding hydrogens is 324 g/mol. The van der Waals surface area contributed by atoms with Gasteiger partial charge in [0.15, 0.2) is 0 Å². The molecule has 0 aliphatic heterocycles. The number of carbonyl (C=O) groups excluding carboxylic acids is 1. The fourth-order valence-corrected chi connectivity index (χ4v) is 3.40. The third kappa shape index (κ3) is 5.18. The van der Waals surface area contributed by atoms with E-state index >= 15 is 0 Å². The summed E-state index contributed by atoms with van der Waals surface area (Å²) in [5, 5.41) is 2.75. The van der Waals surface area contributed by atoms with E-state index in [4.69, 9.17) is 0 Å². The van der Waals surface area contributed by atoms with Crippen molar-refractivity contribution in [2.75, 3.05) is 6.54 Å². The van der Waals surface area contributed by atoms with E-state index in [1.807, 2.05) is 37.3 Å². The van der Waals surface area contributed by atoms with Gasteiger partial charge in [0.1, 0.15) is 0 Å². The van der Waals surface area contributed by atoms with E-state index in [1.165, 1.54) is 19.1 Å². The van der Waals surface area contributed by atoms with Gasteiger partial charge in [-0.2, -0.15) is 4.72 Å². The molecule has 0 fully saturated rings. The number of hydrogen-bond acceptors (Lipinski definition) is 3. The molecule has 2 aromatic carbocycles. The van der Waals surface area contributed by atoms with Gasteiger partial charge in [-0.3, -0.25) is 4.79 Å². The van der Waals surface area contributed by atoms with Gasteiger partial charge in [0.05, 0.1) is 10.9 Å². The highest BCUT2D eigenvalue weighted by molar-refractivity contribution is 7.89. The van der Waals surface area contributed by atoms with Gasteiger partial charge in [0, 0.05) is 6.54 Å². The van der Waals surface area contributed by atoms with Crippen molar-refractivity contribution in [3.63, 3.8) is 0 Å². The van der Waals surface area contributed by atoms with E-state index in [0.717, 1.165) is 11.1 Å². The number of carbonyl (C=O) groups is 1. The highest BCUT2D eigenvalue weighted by Crippen LogP contribution is 2.10. The average Bonchev–Trinajstić information content (AvgIpc) is 2.55. The van der Waals surface area contributed by atoms with Crippen molar-refractivity contribution in [3.8, 4) is 0 Å². The summed E-state index contributed by atoms with van der Waals surface area (Å²) in [6, 6.07) is 15.4. The van der Waals surface area contributed by atoms with Crippen LogP contribution >= 0.6 is 0 Å². The zero-order chi connectivity index (χ0) is 17.6. The van der Waals surface area contributed by atoms with Crippen LogP contribution in [0.2, 0.25) is 0 Å². The molecule has 0 saturated carbocycles. The second-order valence-electron chi connectivity index (χ2n) is 5.68. The second kappa shape index (κ2) is 8.08. The molecule has 24 heavy (non-hydrogen) atoms. The third-order valence-electron chi connectivity index (χ3n) is 3.61. The summed E-state index contributed by atoms with van der Waals surface area (Å²) in [5.74, 6) is -0.346. The lowest BCUT2D eigenvalue weighted by Gasteiger charge is -2.14. The molecule has 5 nitrogen and oxygen atoms in total. The zero-order valence-corrected chi connectivity index (χ0v) is 14.6. The van der Waals surface area contributed by atoms with E-state index in [-0.39, 0.29) is 10.8 Å². The van der Waals surface area contributed by atoms with Gasteiger partial charge < -0.3 is 5.32 Å². The minimum atomic E-state index is -3.71. The number of rotatable bonds is 7. The molecule has 0 spiro atoms. The Bertz CT molecular complexity index is 772. The van der Waals surface area contributed by atoms with Crippen LogP contribution in [0.5, 0.6) is 0 Å². The Labute approximate surface area is 143 Å². The molecule has 1 unspecified atom stereocenters. The lowest BCUT2D eigenvalue weighted by Crippen LogP contribution is -2.45. The Morgan fingerprint density at radius 3 is 2.29 bits per heavy atom. The highest BCUT2D eigenvalue weighted by Gasteiger charge is 2.21. The summed E-state index contributed by atoms with van der Waals surface area (Å²) in [6.07, 6.45) is 0.698. The van der Waals surface area contributed by atoms with Crippen molar-refractivity contribution in [3.05, 3.63) is 65.7 Å². The van der Waals surface area contributed by atoms with Crippen molar-refractivity contribution < 1.29 is 13.2 Å². The molecule has 2 aromatic rings. The molecule has 0 saturated heterocycles. The number of hydrogen-bond donors (Lipinski definition) is 2. The Hall–Kier alpha value is -2.18. The molecular formula is C18H22N2O3S. The van der Waals surface area contributed by atoms with Crippen molar-refractivity contribution in [2.24, 2.45) is 0 Å². The van der Waals surface area contributed by atoms with Gasteiger partial charge in [-0.1, -0.05) is 48.0 Å². The molecule has 128 valence electrons. The number of aryl methyl sites for hydroxylation is 1. The Balaban J connectivity index is 1.87. The molecule has 2 rings (SSSR count). The topological polar surface area (TPSA) is 75.3 Å². The molecule has 6 heteroatoms. The first-order chi connectivity index (χ1) is 11.4. The summed E-state index contributed by atoms with van der Waals surface area (Å²) in [6.45, 7) is 3.87. The van der Waals surface area contributed by atoms with Crippen LogP contribution in [-0.4, -0.2) is 26.9 Å². The van der Waals surface area contributed by atoms with Crippen LogP contribution in [0.25, 0.3) is 0 Å². The van der Waals surface area contributed by atoms with Crippen LogP contribution < -0.4 is 10.0 Å². The molecule has 1 amide bonds. The summed E-state index contributed by atoms with van der Waals surface area (Å²) in [5.41, 5.74) is 2.09. The Morgan fingerprint density at radius 1 is 1.04 bits per heavy atom. The smallest absolute Gasteiger partial charge is 0.241 e. The Morgan fingerprint density at radius 2 is 1.67 bits per heavy atom. The SMILES string of the molecule is Cc1ccc(S(=O)(=O)NC(C)C(=O)NCCc2ccccc2)cc1. The summed E-state index contributed by atoms with van der Waals surface area (Å²) in [4.78, 5) is 12.2. The minimum absolute atomic E-state index is 0.150. The normalized spacial score (nSPS) is 12.6. The summed E-state index contributed by atoms with van der Waals surface area (Å²) in [7, 11) is -3.71. The van der Waals surface area contributed by atoms with Crippen LogP contribution in [0.1, 0.15) is 18.1 Å². The molecule has 0 aliphatic carbocycles. The average molecular weight is 346 g/mol. The molecule has 0 aliphatic rings. The van der Waals surface area contributed by atoms with Crippen LogP contribution in [0.15, 0.2) is 59.5 Å². The van der Waals surface area contributed by atoms with E-state index in [1.54, 1.807) is 12.1 Å². The highest BCUT2D eigenvalue weighted by atomic mass is 32.2. The summed E-state index contributed by atoms with van der Waals surface area (Å²) >= 11 is 0. The van der Waals surface area contributed by atoms with Gasteiger partial charge in [0.25, 0.3) is 0 Å². The van der Waals surface area contributed by atoms with Gasteiger partial charge in [-0.05, 0) is 38.0 Å². The minimum Gasteiger partial charge on any atom is -0.354 e. The molecule has 2 N–H and O–H groups in total. The standard InChI is InChI=1S/C18H22N2O3S/c1-14-8-10-17(11-9-14)24(22,23)20-15(2)18(21)19-13-12-16-6-4-3-5-7-16/h3-11,15,20H,12-13H2,1-2H3,(H,19,21). The fraction of sp³-hybridized carbons (Fsp3) is 0.278. The van der Waals surface area contributed by atoms with Gasteiger partial charge in [-0.25, -0.2) is 8.42 Å². The van der Waals surface area contributed by atoms with Crippen molar-refractivity contribution >= 4 is 15.9 Å². The maximum Gasteiger partial charge on any atom is 0.241 e. The zero-order valence-electron chi connectivity index (χ0n) is 13.8. The first kappa shape index (κ1) is 18.2. The Kier molecular flexibility index (Phi) is 6.11. The van der Waals surface area contributed by atoms with Crippen LogP contribution in [0.4, 0.5) is 0 Å². The quantitative estimate of drug-likeness (QED) is 0.805. The third-order valence-corrected chi connectivity index (χ3v) is 5.17. The predicted octanol–water partition coefficient (Wildman–Crippen LogP) is 2.02. The van der Waals surface area contributed by atoms with Gasteiger partial charge >= 0.3 is 0 Å². The predicted molar refractivity (Wildman–Crippen MR) is 94.1 cm³/mol. The van der Waals surface area contributed by atoms with Crippen molar-refractivity contribution in [1.82, 2.24) is 10.0 Å². The van der Waals surface area contributed by atoms with Crippen LogP contribution in [-0.2, 0) is 21.2 Å². The van der Waals surface area contributed by atoms with Crippen molar-refractivity contribution in [1.29, 1.82) is 0 Å². The lowest BCUT2D eigenvalue weighted by atomic mass is 10.1. The lowest BCUT2D eigenvalue weighted by molar-refractivity contribution is -0.122. The van der Waals surface area contributed by atoms with E-state index in [2.05, 4.69) is 10.0 Å². The molecule has 0 heterocycles. The summed E-state index contributed by atoms with van der Waals surface area (Å²) < 4.78 is 26.9. The largest absolute Gasteiger partial charge is 0.354 e. The van der Waals surface area contributed by atoms with Crippen LogP contribution in [0.3, 0.4) is 0 Å². The van der Waals surface area contributed by atoms with Crippen molar-refractivity contribution in [2.45, 2.75) is 31.2 Å². The molecule has 0 aromatic heterocycles. The molecule has 0 radical (unpaired) electrons. The molecule has 1 atom stereocenters. The number of sulfonamides is 1. The van der Waals surface area contributed by atoms with Crippen LogP contribution in [0, 0.1) is 6.92 Å². The van der Waals surface area contributed by atoms with Gasteiger partial charge in [0.2, 0.25) is 15.9 Å². The maximum absolute atomic E-state index is 12.3. The number of amides is 1. The van der Waals surface area contributed by atoms with E-state index in [9.17, 15) is 13.2 Å². The number of nitrogens with one attached hydrogen (secondary N) is 2. The monoisotopic (exact) mass is 346 g/mol.